The van der Waals surface area contributed by atoms with Crippen LogP contribution in [0.1, 0.15) is 42.5 Å². The van der Waals surface area contributed by atoms with Crippen molar-refractivity contribution in [3.05, 3.63) is 95.1 Å². The number of amides is 1. The Labute approximate surface area is 222 Å². The normalized spacial score (nSPS) is 18.0. The molecule has 196 valence electrons. The van der Waals surface area contributed by atoms with Crippen LogP contribution in [0.4, 0.5) is 0 Å². The largest absolute Gasteiger partial charge is 0.507 e. The lowest BCUT2D eigenvalue weighted by atomic mass is 9.95. The van der Waals surface area contributed by atoms with Crippen LogP contribution in [0.2, 0.25) is 0 Å². The van der Waals surface area contributed by atoms with Crippen LogP contribution in [0, 0.1) is 0 Å². The van der Waals surface area contributed by atoms with Gasteiger partial charge >= 0.3 is 0 Å². The summed E-state index contributed by atoms with van der Waals surface area (Å²) >= 11 is 0. The Morgan fingerprint density at radius 2 is 1.76 bits per heavy atom. The molecular weight excluding hydrogens is 482 g/mol. The summed E-state index contributed by atoms with van der Waals surface area (Å²) in [5.74, 6) is 0.120. The molecule has 0 aliphatic carbocycles. The maximum atomic E-state index is 13.4. The van der Waals surface area contributed by atoms with E-state index >= 15 is 0 Å². The van der Waals surface area contributed by atoms with E-state index in [0.717, 1.165) is 18.4 Å². The van der Waals surface area contributed by atoms with E-state index < -0.39 is 17.7 Å². The minimum Gasteiger partial charge on any atom is -0.507 e. The van der Waals surface area contributed by atoms with E-state index in [2.05, 4.69) is 6.92 Å². The van der Waals surface area contributed by atoms with Crippen molar-refractivity contribution in [1.82, 2.24) is 4.90 Å². The van der Waals surface area contributed by atoms with Crippen LogP contribution in [0.5, 0.6) is 17.2 Å². The van der Waals surface area contributed by atoms with Gasteiger partial charge in [0.25, 0.3) is 11.7 Å². The number of benzene rings is 3. The van der Waals surface area contributed by atoms with Gasteiger partial charge in [0, 0.05) is 12.1 Å². The topological polar surface area (TPSA) is 85.3 Å². The molecule has 2 aliphatic heterocycles. The number of ketones is 1. The van der Waals surface area contributed by atoms with Crippen LogP contribution in [0.25, 0.3) is 5.76 Å². The molecule has 0 saturated carbocycles. The zero-order valence-corrected chi connectivity index (χ0v) is 21.4. The van der Waals surface area contributed by atoms with Gasteiger partial charge in [0.05, 0.1) is 18.2 Å². The summed E-state index contributed by atoms with van der Waals surface area (Å²) in [4.78, 5) is 28.3. The van der Waals surface area contributed by atoms with Crippen molar-refractivity contribution < 1.29 is 28.9 Å². The van der Waals surface area contributed by atoms with Crippen LogP contribution in [-0.2, 0) is 16.0 Å². The number of Topliss-reactive ketones (excluding diaryl/α,β-unsaturated/α-hetero) is 1. The van der Waals surface area contributed by atoms with Gasteiger partial charge in [0.2, 0.25) is 0 Å². The molecule has 1 fully saturated rings. The lowest BCUT2D eigenvalue weighted by molar-refractivity contribution is -0.139. The van der Waals surface area contributed by atoms with Gasteiger partial charge in [-0.05, 0) is 54.3 Å². The molecule has 1 atom stereocenters. The van der Waals surface area contributed by atoms with Crippen molar-refractivity contribution in [3.63, 3.8) is 0 Å². The molecule has 0 aromatic heterocycles. The highest BCUT2D eigenvalue weighted by Gasteiger charge is 2.46. The summed E-state index contributed by atoms with van der Waals surface area (Å²) in [6, 6.07) is 21.5. The molecule has 7 heteroatoms. The zero-order chi connectivity index (χ0) is 26.5. The SMILES string of the molecule is CCCCOc1cccc(C2/C(=C(/O)c3ccc4c(c3)OCCO4)C(=O)C(=O)N2CCc2ccccc2)c1. The molecule has 0 bridgehead atoms. The van der Waals surface area contributed by atoms with E-state index in [1.54, 1.807) is 23.1 Å². The van der Waals surface area contributed by atoms with Crippen LogP contribution in [0.15, 0.2) is 78.4 Å². The van der Waals surface area contributed by atoms with Crippen molar-refractivity contribution in [2.24, 2.45) is 0 Å². The average molecular weight is 514 g/mol. The Morgan fingerprint density at radius 1 is 0.974 bits per heavy atom. The highest BCUT2D eigenvalue weighted by atomic mass is 16.6. The van der Waals surface area contributed by atoms with E-state index in [1.807, 2.05) is 54.6 Å². The first kappa shape index (κ1) is 25.4. The number of carbonyl (C=O) groups is 2. The fourth-order valence-electron chi connectivity index (χ4n) is 4.81. The molecule has 1 saturated heterocycles. The summed E-state index contributed by atoms with van der Waals surface area (Å²) in [6.07, 6.45) is 2.50. The summed E-state index contributed by atoms with van der Waals surface area (Å²) in [5.41, 5.74) is 2.18. The van der Waals surface area contributed by atoms with Crippen molar-refractivity contribution in [3.8, 4) is 17.2 Å². The van der Waals surface area contributed by atoms with Crippen LogP contribution in [-0.4, -0.2) is 48.1 Å². The van der Waals surface area contributed by atoms with Gasteiger partial charge in [-0.15, -0.1) is 0 Å². The number of ether oxygens (including phenoxy) is 3. The van der Waals surface area contributed by atoms with Crippen LogP contribution < -0.4 is 14.2 Å². The molecule has 0 radical (unpaired) electrons. The number of aliphatic hydroxyl groups is 1. The molecule has 38 heavy (non-hydrogen) atoms. The molecular formula is C31H31NO6. The fourth-order valence-corrected chi connectivity index (χ4v) is 4.81. The Hall–Kier alpha value is -4.26. The van der Waals surface area contributed by atoms with E-state index in [1.165, 1.54) is 0 Å². The summed E-state index contributed by atoms with van der Waals surface area (Å²) < 4.78 is 17.2. The zero-order valence-electron chi connectivity index (χ0n) is 21.4. The van der Waals surface area contributed by atoms with Crippen molar-refractivity contribution in [2.75, 3.05) is 26.4 Å². The third-order valence-electron chi connectivity index (χ3n) is 6.78. The van der Waals surface area contributed by atoms with Gasteiger partial charge in [-0.1, -0.05) is 55.8 Å². The first-order chi connectivity index (χ1) is 18.6. The number of likely N-dealkylation sites (tertiary alicyclic amines) is 1. The number of fused-ring (bicyclic) bond motifs is 1. The quantitative estimate of drug-likeness (QED) is 0.181. The van der Waals surface area contributed by atoms with Gasteiger partial charge in [0.1, 0.15) is 24.7 Å². The molecule has 1 amide bonds. The molecule has 3 aromatic rings. The highest BCUT2D eigenvalue weighted by molar-refractivity contribution is 6.46. The number of rotatable bonds is 9. The number of hydrogen-bond acceptors (Lipinski definition) is 6. The van der Waals surface area contributed by atoms with Crippen molar-refractivity contribution in [1.29, 1.82) is 0 Å². The predicted octanol–water partition coefficient (Wildman–Crippen LogP) is 5.30. The number of carbonyl (C=O) groups excluding carboxylic acids is 2. The summed E-state index contributed by atoms with van der Waals surface area (Å²) in [5, 5.41) is 11.4. The van der Waals surface area contributed by atoms with E-state index in [0.29, 0.717) is 61.2 Å². The predicted molar refractivity (Wildman–Crippen MR) is 143 cm³/mol. The summed E-state index contributed by atoms with van der Waals surface area (Å²) in [7, 11) is 0. The second-order valence-corrected chi connectivity index (χ2v) is 9.36. The Morgan fingerprint density at radius 3 is 2.55 bits per heavy atom. The molecule has 2 aliphatic rings. The van der Waals surface area contributed by atoms with Gasteiger partial charge in [-0.25, -0.2) is 0 Å². The Bertz CT molecular complexity index is 1350. The van der Waals surface area contributed by atoms with Crippen LogP contribution >= 0.6 is 0 Å². The number of hydrogen-bond donors (Lipinski definition) is 1. The molecule has 1 unspecified atom stereocenters. The van der Waals surface area contributed by atoms with Gasteiger partial charge in [-0.2, -0.15) is 0 Å². The third kappa shape index (κ3) is 5.23. The van der Waals surface area contributed by atoms with E-state index in [-0.39, 0.29) is 11.3 Å². The monoisotopic (exact) mass is 513 g/mol. The second-order valence-electron chi connectivity index (χ2n) is 9.36. The highest BCUT2D eigenvalue weighted by Crippen LogP contribution is 2.41. The van der Waals surface area contributed by atoms with Gasteiger partial charge in [-0.3, -0.25) is 9.59 Å². The fraction of sp³-hybridized carbons (Fsp3) is 0.290. The molecule has 0 spiro atoms. The number of unbranched alkanes of at least 4 members (excludes halogenated alkanes) is 1. The molecule has 1 N–H and O–H groups in total. The maximum Gasteiger partial charge on any atom is 0.295 e. The van der Waals surface area contributed by atoms with E-state index in [4.69, 9.17) is 14.2 Å². The number of aliphatic hydroxyl groups excluding tert-OH is 1. The molecule has 2 heterocycles. The number of nitrogens with zero attached hydrogens (tertiary/aromatic N) is 1. The second kappa shape index (κ2) is 11.4. The maximum absolute atomic E-state index is 13.4. The summed E-state index contributed by atoms with van der Waals surface area (Å²) in [6.45, 7) is 3.83. The van der Waals surface area contributed by atoms with E-state index in [9.17, 15) is 14.7 Å². The Kier molecular flexibility index (Phi) is 7.63. The van der Waals surface area contributed by atoms with Gasteiger partial charge < -0.3 is 24.2 Å². The minimum atomic E-state index is -0.762. The lowest BCUT2D eigenvalue weighted by Crippen LogP contribution is -2.31. The third-order valence-corrected chi connectivity index (χ3v) is 6.78. The molecule has 3 aromatic carbocycles. The standard InChI is InChI=1S/C31H31NO6/c1-2-3-16-36-24-11-7-10-22(19-24)28-27(29(33)23-12-13-25-26(20-23)38-18-17-37-25)30(34)31(35)32(28)15-14-21-8-5-4-6-9-21/h4-13,19-20,28,33H,2-3,14-18H2,1H3/b29-27-. The smallest absolute Gasteiger partial charge is 0.295 e. The molecule has 5 rings (SSSR count). The van der Waals surface area contributed by atoms with Crippen molar-refractivity contribution in [2.45, 2.75) is 32.2 Å². The first-order valence-electron chi connectivity index (χ1n) is 13.0. The van der Waals surface area contributed by atoms with Crippen molar-refractivity contribution >= 4 is 17.4 Å². The van der Waals surface area contributed by atoms with Crippen LogP contribution in [0.3, 0.4) is 0 Å². The lowest BCUT2D eigenvalue weighted by Gasteiger charge is -2.26. The Balaban J connectivity index is 1.55. The molecule has 7 nitrogen and oxygen atoms in total. The first-order valence-corrected chi connectivity index (χ1v) is 13.0. The average Bonchev–Trinajstić information content (AvgIpc) is 3.21. The minimum absolute atomic E-state index is 0.0467. The van der Waals surface area contributed by atoms with Gasteiger partial charge in [0.15, 0.2) is 11.5 Å².